The number of nitrogens with zero attached hydrogens (tertiary/aromatic N) is 7. The number of thiazole rings is 2. The predicted molar refractivity (Wildman–Crippen MR) is 263 cm³/mol. The average Bonchev–Trinajstić information content (AvgIpc) is 4.09. The van der Waals surface area contributed by atoms with Gasteiger partial charge in [-0.25, -0.2) is 9.97 Å². The fourth-order valence-corrected chi connectivity index (χ4v) is 9.54. The summed E-state index contributed by atoms with van der Waals surface area (Å²) in [5.74, 6) is -3.28. The summed E-state index contributed by atoms with van der Waals surface area (Å²) in [4.78, 5) is 95.1. The van der Waals surface area contributed by atoms with Crippen LogP contribution in [0.1, 0.15) is 125 Å². The molecule has 5 aromatic heterocycles. The minimum absolute atomic E-state index is 0.0113. The van der Waals surface area contributed by atoms with Crippen molar-refractivity contribution in [2.24, 2.45) is 25.6 Å². The Morgan fingerprint density at radius 3 is 1.63 bits per heavy atom. The highest BCUT2D eigenvalue weighted by Gasteiger charge is 2.29. The fourth-order valence-electron chi connectivity index (χ4n) is 7.62. The number of rotatable bonds is 20. The smallest absolute Gasteiger partial charge is 0.274 e. The van der Waals surface area contributed by atoms with Gasteiger partial charge in [-0.2, -0.15) is 0 Å². The number of primary amides is 2. The number of anilines is 2. The molecule has 0 aliphatic carbocycles. The quantitative estimate of drug-likeness (QED) is 0.0546. The molecule has 0 saturated heterocycles. The van der Waals surface area contributed by atoms with Crippen molar-refractivity contribution in [3.8, 4) is 16.8 Å². The molecule has 6 aromatic rings. The number of aryl methyl sites for hydroxylation is 2. The van der Waals surface area contributed by atoms with Gasteiger partial charge in [0.2, 0.25) is 5.91 Å². The van der Waals surface area contributed by atoms with Crippen molar-refractivity contribution in [3.63, 3.8) is 0 Å². The Bertz CT molecular complexity index is 2860. The topological polar surface area (TPSA) is 250 Å². The first kappa shape index (κ1) is 49.7. The maximum absolute atomic E-state index is 14.0. The van der Waals surface area contributed by atoms with E-state index < -0.39 is 23.6 Å². The van der Waals surface area contributed by atoms with Gasteiger partial charge in [0.25, 0.3) is 29.5 Å². The van der Waals surface area contributed by atoms with E-state index >= 15 is 0 Å². The molecular formula is C46H59N13O6S2. The molecule has 0 fully saturated rings. The lowest BCUT2D eigenvalue weighted by Gasteiger charge is -2.10. The van der Waals surface area contributed by atoms with Crippen LogP contribution in [0.3, 0.4) is 0 Å². The summed E-state index contributed by atoms with van der Waals surface area (Å²) in [5, 5.41) is 12.5. The number of fused-ring (bicyclic) bond motifs is 1. The summed E-state index contributed by atoms with van der Waals surface area (Å²) >= 11 is 2.44. The number of nitrogens with two attached hydrogens (primary N) is 2. The number of aromatic nitrogens is 5. The standard InChI is InChI=1S/C46H59N13O6S2/c1-24(2)37-34(43(64)49-15-11-17-55(5)6)51-45(66-37)53-41(62)31-20-27(22-57(31)9)33-29-19-26(39(47)60)13-14-30(29)59(36(33)40(48)61)28-21-32(58(10)23-28)42(63)54-46-52-35(38(67-46)25(3)4)44(65)50-16-12-18-56(7)8/h13-14,19-25H,11-12,15-18H2,1-10H3,(H2,47,60)(H2,48,61)(H,49,64)(H,50,65)(H,51,53,62)(H,52,54,63). The van der Waals surface area contributed by atoms with Crippen LogP contribution in [0.5, 0.6) is 0 Å². The molecule has 19 nitrogen and oxygen atoms in total. The zero-order valence-electron chi connectivity index (χ0n) is 39.5. The van der Waals surface area contributed by atoms with Gasteiger partial charge in [0.05, 0.1) is 11.2 Å². The van der Waals surface area contributed by atoms with Gasteiger partial charge in [-0.1, -0.05) is 27.7 Å². The van der Waals surface area contributed by atoms with Crippen molar-refractivity contribution in [2.45, 2.75) is 52.4 Å². The highest BCUT2D eigenvalue weighted by molar-refractivity contribution is 7.16. The van der Waals surface area contributed by atoms with Gasteiger partial charge in [-0.15, -0.1) is 22.7 Å². The van der Waals surface area contributed by atoms with Gasteiger partial charge >= 0.3 is 0 Å². The first-order valence-corrected chi connectivity index (χ1v) is 23.4. The second kappa shape index (κ2) is 20.9. The molecule has 21 heteroatoms. The van der Waals surface area contributed by atoms with Gasteiger partial charge in [0, 0.05) is 71.4 Å². The van der Waals surface area contributed by atoms with Crippen molar-refractivity contribution >= 4 is 79.3 Å². The van der Waals surface area contributed by atoms with Crippen LogP contribution in [0, 0.1) is 0 Å². The Kier molecular flexibility index (Phi) is 15.5. The average molecular weight is 954 g/mol. The Morgan fingerprint density at radius 2 is 1.16 bits per heavy atom. The van der Waals surface area contributed by atoms with E-state index in [9.17, 15) is 28.8 Å². The van der Waals surface area contributed by atoms with Crippen molar-refractivity contribution in [1.29, 1.82) is 0 Å². The number of hydrogen-bond acceptors (Lipinski definition) is 12. The van der Waals surface area contributed by atoms with Gasteiger partial charge in [0.15, 0.2) is 10.3 Å². The predicted octanol–water partition coefficient (Wildman–Crippen LogP) is 5.20. The number of carbonyl (C=O) groups excluding carboxylic acids is 6. The molecule has 0 bridgehead atoms. The Labute approximate surface area is 396 Å². The molecule has 0 radical (unpaired) electrons. The summed E-state index contributed by atoms with van der Waals surface area (Å²) in [6.07, 6.45) is 4.84. The van der Waals surface area contributed by atoms with E-state index in [0.29, 0.717) is 40.8 Å². The lowest BCUT2D eigenvalue weighted by atomic mass is 10.0. The van der Waals surface area contributed by atoms with Gasteiger partial charge in [-0.05, 0) is 96.3 Å². The summed E-state index contributed by atoms with van der Waals surface area (Å²) in [7, 11) is 11.2. The van der Waals surface area contributed by atoms with E-state index in [0.717, 1.165) is 35.7 Å². The zero-order valence-corrected chi connectivity index (χ0v) is 41.1. The molecule has 0 aliphatic rings. The second-order valence-electron chi connectivity index (χ2n) is 17.4. The lowest BCUT2D eigenvalue weighted by Crippen LogP contribution is -2.28. The summed E-state index contributed by atoms with van der Waals surface area (Å²) in [6.45, 7) is 10.4. The third-order valence-electron chi connectivity index (χ3n) is 10.9. The molecule has 356 valence electrons. The highest BCUT2D eigenvalue weighted by atomic mass is 32.1. The summed E-state index contributed by atoms with van der Waals surface area (Å²) < 4.78 is 4.76. The molecular weight excluding hydrogens is 895 g/mol. The van der Waals surface area contributed by atoms with Crippen LogP contribution in [0.4, 0.5) is 10.3 Å². The molecule has 0 aliphatic heterocycles. The highest BCUT2D eigenvalue weighted by Crippen LogP contribution is 2.39. The summed E-state index contributed by atoms with van der Waals surface area (Å²) in [6, 6.07) is 7.90. The molecule has 67 heavy (non-hydrogen) atoms. The molecule has 0 unspecified atom stereocenters. The van der Waals surface area contributed by atoms with Crippen LogP contribution in [0.2, 0.25) is 0 Å². The van der Waals surface area contributed by atoms with Gasteiger partial charge < -0.3 is 45.6 Å². The first-order valence-electron chi connectivity index (χ1n) is 21.8. The molecule has 6 amide bonds. The largest absolute Gasteiger partial charge is 0.366 e. The Hall–Kier alpha value is -6.68. The van der Waals surface area contributed by atoms with E-state index in [1.54, 1.807) is 64.5 Å². The van der Waals surface area contributed by atoms with E-state index in [1.165, 1.54) is 28.7 Å². The normalized spacial score (nSPS) is 11.6. The van der Waals surface area contributed by atoms with Crippen LogP contribution in [-0.4, -0.2) is 123 Å². The van der Waals surface area contributed by atoms with E-state index in [1.807, 2.05) is 65.7 Å². The molecule has 0 saturated carbocycles. The molecule has 1 aromatic carbocycles. The number of benzene rings is 1. The SMILES string of the molecule is CC(C)c1sc(NC(=O)c2cc(-c3c(C(N)=O)n(-c4cc(C(=O)Nc5nc(C(=O)NCCCN(C)C)c(C(C)C)s5)n(C)c4)c4ccc(C(N)=O)cc34)cn2C)nc1C(=O)NCCCN(C)C. The van der Waals surface area contributed by atoms with Crippen molar-refractivity contribution < 1.29 is 28.8 Å². The van der Waals surface area contributed by atoms with E-state index in [4.69, 9.17) is 11.5 Å². The maximum atomic E-state index is 14.0. The van der Waals surface area contributed by atoms with E-state index in [2.05, 4.69) is 31.2 Å². The monoisotopic (exact) mass is 953 g/mol. The number of hydrogen-bond donors (Lipinski definition) is 6. The number of nitrogens with one attached hydrogen (secondary N) is 4. The van der Waals surface area contributed by atoms with Gasteiger partial charge in [0.1, 0.15) is 28.5 Å². The van der Waals surface area contributed by atoms with Crippen molar-refractivity contribution in [1.82, 2.24) is 44.1 Å². The molecule has 0 spiro atoms. The van der Waals surface area contributed by atoms with Crippen LogP contribution in [-0.2, 0) is 14.1 Å². The third kappa shape index (κ3) is 11.1. The Morgan fingerprint density at radius 1 is 0.672 bits per heavy atom. The maximum Gasteiger partial charge on any atom is 0.274 e. The van der Waals surface area contributed by atoms with E-state index in [-0.39, 0.29) is 67.9 Å². The molecule has 5 heterocycles. The number of carbonyl (C=O) groups is 6. The first-order chi connectivity index (χ1) is 31.7. The molecule has 0 atom stereocenters. The van der Waals surface area contributed by atoms with Crippen LogP contribution in [0.15, 0.2) is 42.7 Å². The van der Waals surface area contributed by atoms with Crippen molar-refractivity contribution in [2.75, 3.05) is 65.0 Å². The Balaban J connectivity index is 1.33. The minimum Gasteiger partial charge on any atom is -0.366 e. The van der Waals surface area contributed by atoms with Gasteiger partial charge in [-0.3, -0.25) is 39.4 Å². The van der Waals surface area contributed by atoms with Crippen LogP contribution < -0.4 is 32.7 Å². The summed E-state index contributed by atoms with van der Waals surface area (Å²) in [5.41, 5.74) is 14.6. The minimum atomic E-state index is -0.829. The van der Waals surface area contributed by atoms with Crippen LogP contribution >= 0.6 is 22.7 Å². The van der Waals surface area contributed by atoms with Crippen molar-refractivity contribution in [3.05, 3.63) is 86.5 Å². The lowest BCUT2D eigenvalue weighted by molar-refractivity contribution is 0.0938. The number of amides is 6. The zero-order chi connectivity index (χ0) is 49.0. The third-order valence-corrected chi connectivity index (χ3v) is 13.4. The molecule has 6 rings (SSSR count). The second-order valence-corrected chi connectivity index (χ2v) is 19.5. The van der Waals surface area contributed by atoms with Crippen LogP contribution in [0.25, 0.3) is 27.7 Å². The molecule has 8 N–H and O–H groups in total. The fraction of sp³-hybridized carbons (Fsp3) is 0.391.